The summed E-state index contributed by atoms with van der Waals surface area (Å²) in [5.41, 5.74) is 1.27. The molecule has 0 fully saturated rings. The lowest BCUT2D eigenvalue weighted by Crippen LogP contribution is -2.20. The highest BCUT2D eigenvalue weighted by Gasteiger charge is 2.38. The third-order valence-corrected chi connectivity index (χ3v) is 5.40. The predicted molar refractivity (Wildman–Crippen MR) is 89.3 cm³/mol. The van der Waals surface area contributed by atoms with Gasteiger partial charge in [0.15, 0.2) is 0 Å². The molecular weight excluding hydrogens is 331 g/mol. The lowest BCUT2D eigenvalue weighted by Gasteiger charge is -2.27. The lowest BCUT2D eigenvalue weighted by atomic mass is 9.89. The summed E-state index contributed by atoms with van der Waals surface area (Å²) in [6.45, 7) is 3.62. The molecule has 0 aromatic heterocycles. The van der Waals surface area contributed by atoms with Crippen molar-refractivity contribution >= 4 is 13.6 Å². The van der Waals surface area contributed by atoms with E-state index in [0.717, 1.165) is 5.56 Å². The van der Waals surface area contributed by atoms with Crippen LogP contribution in [0.3, 0.4) is 0 Å². The normalized spacial score (nSPS) is 18.0. The van der Waals surface area contributed by atoms with E-state index in [1.165, 1.54) is 14.2 Å². The molecule has 0 aliphatic carbocycles. The molecule has 0 spiro atoms. The van der Waals surface area contributed by atoms with E-state index in [-0.39, 0.29) is 12.1 Å². The maximum absolute atomic E-state index is 12.7. The molecule has 130 valence electrons. The molecule has 0 bridgehead atoms. The van der Waals surface area contributed by atoms with Crippen molar-refractivity contribution in [1.82, 2.24) is 0 Å². The van der Waals surface area contributed by atoms with Gasteiger partial charge in [0.25, 0.3) is 0 Å². The van der Waals surface area contributed by atoms with Gasteiger partial charge in [-0.3, -0.25) is 4.57 Å². The molecule has 6 nitrogen and oxygen atoms in total. The SMILES string of the molecule is CCOC(=O)C1=C(C)OC(P(=O)(OC)OC)=CC1c1ccccc1. The smallest absolute Gasteiger partial charge is 0.395 e. The van der Waals surface area contributed by atoms with E-state index in [4.69, 9.17) is 18.5 Å². The second-order valence-electron chi connectivity index (χ2n) is 5.05. The van der Waals surface area contributed by atoms with Gasteiger partial charge in [0.1, 0.15) is 5.76 Å². The van der Waals surface area contributed by atoms with Gasteiger partial charge in [0, 0.05) is 20.1 Å². The third-order valence-electron chi connectivity index (χ3n) is 3.66. The van der Waals surface area contributed by atoms with Crippen molar-refractivity contribution in [3.8, 4) is 0 Å². The number of benzene rings is 1. The number of allylic oxidation sites excluding steroid dienone is 2. The Balaban J connectivity index is 2.54. The Hall–Kier alpha value is -1.88. The zero-order valence-electron chi connectivity index (χ0n) is 14.1. The van der Waals surface area contributed by atoms with Crippen LogP contribution in [0.15, 0.2) is 53.2 Å². The Morgan fingerprint density at radius 1 is 1.21 bits per heavy atom. The van der Waals surface area contributed by atoms with Crippen molar-refractivity contribution in [3.05, 3.63) is 58.8 Å². The number of ether oxygens (including phenoxy) is 2. The van der Waals surface area contributed by atoms with E-state index in [0.29, 0.717) is 11.3 Å². The summed E-state index contributed by atoms with van der Waals surface area (Å²) >= 11 is 0. The maximum Gasteiger partial charge on any atom is 0.395 e. The monoisotopic (exact) mass is 352 g/mol. The number of carbonyl (C=O) groups excluding carboxylic acids is 1. The standard InChI is InChI=1S/C17H21O6P/c1-5-22-17(18)16-12(2)23-15(24(19,20-3)21-4)11-14(16)13-9-7-6-8-10-13/h6-11,14H,5H2,1-4H3. The molecule has 0 saturated carbocycles. The first kappa shape index (κ1) is 18.5. The number of rotatable bonds is 6. The summed E-state index contributed by atoms with van der Waals surface area (Å²) in [6, 6.07) is 9.36. The van der Waals surface area contributed by atoms with Crippen LogP contribution in [0.5, 0.6) is 0 Å². The van der Waals surface area contributed by atoms with Crippen molar-refractivity contribution in [1.29, 1.82) is 0 Å². The van der Waals surface area contributed by atoms with E-state index in [9.17, 15) is 9.36 Å². The average molecular weight is 352 g/mol. The summed E-state index contributed by atoms with van der Waals surface area (Å²) in [5.74, 6) is -0.620. The minimum atomic E-state index is -3.57. The Morgan fingerprint density at radius 2 is 1.83 bits per heavy atom. The molecule has 0 N–H and O–H groups in total. The van der Waals surface area contributed by atoms with Crippen molar-refractivity contribution in [3.63, 3.8) is 0 Å². The molecule has 0 amide bonds. The first-order valence-electron chi connectivity index (χ1n) is 7.51. The number of hydrogen-bond acceptors (Lipinski definition) is 6. The van der Waals surface area contributed by atoms with E-state index in [1.54, 1.807) is 19.9 Å². The van der Waals surface area contributed by atoms with E-state index in [1.807, 2.05) is 30.3 Å². The molecule has 1 atom stereocenters. The average Bonchev–Trinajstić information content (AvgIpc) is 2.61. The molecular formula is C17H21O6P. The largest absolute Gasteiger partial charge is 0.463 e. The van der Waals surface area contributed by atoms with Gasteiger partial charge >= 0.3 is 13.6 Å². The molecule has 1 heterocycles. The fraction of sp³-hybridized carbons (Fsp3) is 0.353. The van der Waals surface area contributed by atoms with Crippen LogP contribution in [-0.4, -0.2) is 26.8 Å². The fourth-order valence-electron chi connectivity index (χ4n) is 2.50. The highest BCUT2D eigenvalue weighted by Crippen LogP contribution is 2.58. The summed E-state index contributed by atoms with van der Waals surface area (Å²) in [4.78, 5) is 12.4. The molecule has 2 rings (SSSR count). The molecule has 7 heteroatoms. The molecule has 1 aromatic carbocycles. The highest BCUT2D eigenvalue weighted by atomic mass is 31.2. The molecule has 1 aliphatic rings. The van der Waals surface area contributed by atoms with Gasteiger partial charge in [-0.2, -0.15) is 0 Å². The number of carbonyl (C=O) groups is 1. The molecule has 0 radical (unpaired) electrons. The van der Waals surface area contributed by atoms with Crippen molar-refractivity contribution < 1.29 is 27.9 Å². The maximum atomic E-state index is 12.7. The molecule has 1 unspecified atom stereocenters. The van der Waals surface area contributed by atoms with E-state index < -0.39 is 19.5 Å². The Labute approximate surface area is 141 Å². The zero-order chi connectivity index (χ0) is 17.7. The van der Waals surface area contributed by atoms with Gasteiger partial charge in [-0.1, -0.05) is 30.3 Å². The second-order valence-corrected chi connectivity index (χ2v) is 7.21. The predicted octanol–water partition coefficient (Wildman–Crippen LogP) is 3.96. The summed E-state index contributed by atoms with van der Waals surface area (Å²) in [5, 5.41) is 0. The number of hydrogen-bond donors (Lipinski definition) is 0. The van der Waals surface area contributed by atoms with Crippen LogP contribution < -0.4 is 0 Å². The highest BCUT2D eigenvalue weighted by molar-refractivity contribution is 7.58. The minimum Gasteiger partial charge on any atom is -0.463 e. The van der Waals surface area contributed by atoms with Gasteiger partial charge in [-0.15, -0.1) is 0 Å². The second kappa shape index (κ2) is 7.79. The van der Waals surface area contributed by atoms with Crippen molar-refractivity contribution in [2.24, 2.45) is 0 Å². The third kappa shape index (κ3) is 3.61. The minimum absolute atomic E-state index is 0.0619. The van der Waals surface area contributed by atoms with Crippen LogP contribution in [0.25, 0.3) is 0 Å². The molecule has 1 aromatic rings. The van der Waals surface area contributed by atoms with E-state index in [2.05, 4.69) is 0 Å². The van der Waals surface area contributed by atoms with Gasteiger partial charge in [-0.25, -0.2) is 4.79 Å². The summed E-state index contributed by atoms with van der Waals surface area (Å²) in [6.07, 6.45) is 1.59. The van der Waals surface area contributed by atoms with Gasteiger partial charge in [-0.05, 0) is 25.5 Å². The Kier molecular flexibility index (Phi) is 5.99. The molecule has 1 aliphatic heterocycles. The first-order valence-corrected chi connectivity index (χ1v) is 9.05. The quantitative estimate of drug-likeness (QED) is 0.570. The van der Waals surface area contributed by atoms with Crippen LogP contribution in [0.1, 0.15) is 25.3 Å². The Bertz CT molecular complexity index is 699. The van der Waals surface area contributed by atoms with Crippen LogP contribution in [0.2, 0.25) is 0 Å². The van der Waals surface area contributed by atoms with Crippen molar-refractivity contribution in [2.45, 2.75) is 19.8 Å². The summed E-state index contributed by atoms with van der Waals surface area (Å²) < 4.78 is 33.4. The molecule has 24 heavy (non-hydrogen) atoms. The summed E-state index contributed by atoms with van der Waals surface area (Å²) in [7, 11) is -1.00. The van der Waals surface area contributed by atoms with Gasteiger partial charge < -0.3 is 18.5 Å². The fourth-order valence-corrected chi connectivity index (χ4v) is 3.58. The van der Waals surface area contributed by atoms with Crippen LogP contribution in [0, 0.1) is 0 Å². The van der Waals surface area contributed by atoms with Crippen LogP contribution >= 0.6 is 7.60 Å². The van der Waals surface area contributed by atoms with Gasteiger partial charge in [0.05, 0.1) is 12.2 Å². The van der Waals surface area contributed by atoms with Crippen LogP contribution in [-0.2, 0) is 27.9 Å². The molecule has 0 saturated heterocycles. The first-order chi connectivity index (χ1) is 11.5. The van der Waals surface area contributed by atoms with E-state index >= 15 is 0 Å². The topological polar surface area (TPSA) is 71.1 Å². The van der Waals surface area contributed by atoms with Gasteiger partial charge in [0.2, 0.25) is 5.50 Å². The zero-order valence-corrected chi connectivity index (χ0v) is 15.0. The van der Waals surface area contributed by atoms with Crippen molar-refractivity contribution in [2.75, 3.05) is 20.8 Å². The number of esters is 1. The lowest BCUT2D eigenvalue weighted by molar-refractivity contribution is -0.139. The van der Waals surface area contributed by atoms with Crippen LogP contribution in [0.4, 0.5) is 0 Å². The Morgan fingerprint density at radius 3 is 2.38 bits per heavy atom.